The SMILES string of the molecule is COc1ccccc1Oc1ccccc1C=O. The number of para-hydroxylation sites is 3. The molecule has 17 heavy (non-hydrogen) atoms. The van der Waals surface area contributed by atoms with Crippen LogP contribution in [0.4, 0.5) is 0 Å². The van der Waals surface area contributed by atoms with Crippen molar-refractivity contribution in [3.8, 4) is 17.2 Å². The molecule has 0 aromatic heterocycles. The number of rotatable bonds is 4. The molecule has 0 amide bonds. The van der Waals surface area contributed by atoms with E-state index >= 15 is 0 Å². The van der Waals surface area contributed by atoms with E-state index in [4.69, 9.17) is 9.47 Å². The third kappa shape index (κ3) is 2.45. The second-order valence-electron chi connectivity index (χ2n) is 3.41. The first-order valence-corrected chi connectivity index (χ1v) is 5.20. The Kier molecular flexibility index (Phi) is 3.40. The van der Waals surface area contributed by atoms with Crippen LogP contribution in [-0.2, 0) is 0 Å². The average Bonchev–Trinajstić information content (AvgIpc) is 2.40. The summed E-state index contributed by atoms with van der Waals surface area (Å²) in [7, 11) is 1.58. The molecule has 0 aliphatic rings. The van der Waals surface area contributed by atoms with Crippen LogP contribution >= 0.6 is 0 Å². The minimum Gasteiger partial charge on any atom is -0.493 e. The fourth-order valence-electron chi connectivity index (χ4n) is 1.49. The first kappa shape index (κ1) is 11.2. The number of hydrogen-bond donors (Lipinski definition) is 0. The molecule has 3 nitrogen and oxygen atoms in total. The molecule has 0 bridgehead atoms. The summed E-state index contributed by atoms with van der Waals surface area (Å²) in [5.74, 6) is 1.74. The van der Waals surface area contributed by atoms with Crippen molar-refractivity contribution < 1.29 is 14.3 Å². The third-order valence-electron chi connectivity index (χ3n) is 2.33. The molecule has 0 unspecified atom stereocenters. The van der Waals surface area contributed by atoms with Crippen molar-refractivity contribution in [2.75, 3.05) is 7.11 Å². The topological polar surface area (TPSA) is 35.5 Å². The molecule has 0 aliphatic carbocycles. The van der Waals surface area contributed by atoms with Gasteiger partial charge in [-0.05, 0) is 24.3 Å². The van der Waals surface area contributed by atoms with Gasteiger partial charge >= 0.3 is 0 Å². The Bertz CT molecular complexity index is 520. The van der Waals surface area contributed by atoms with Gasteiger partial charge < -0.3 is 9.47 Å². The van der Waals surface area contributed by atoms with E-state index in [1.54, 1.807) is 37.4 Å². The van der Waals surface area contributed by atoms with Gasteiger partial charge in [-0.25, -0.2) is 0 Å². The van der Waals surface area contributed by atoms with E-state index in [0.717, 1.165) is 6.29 Å². The van der Waals surface area contributed by atoms with E-state index < -0.39 is 0 Å². The highest BCUT2D eigenvalue weighted by atomic mass is 16.5. The Morgan fingerprint density at radius 3 is 2.12 bits per heavy atom. The molecule has 0 atom stereocenters. The Hall–Kier alpha value is -2.29. The van der Waals surface area contributed by atoms with Crippen molar-refractivity contribution in [1.29, 1.82) is 0 Å². The fourth-order valence-corrected chi connectivity index (χ4v) is 1.49. The van der Waals surface area contributed by atoms with Crippen molar-refractivity contribution in [2.45, 2.75) is 0 Å². The molecular formula is C14H12O3. The zero-order valence-corrected chi connectivity index (χ0v) is 9.42. The standard InChI is InChI=1S/C14H12O3/c1-16-13-8-4-5-9-14(13)17-12-7-3-2-6-11(12)10-15/h2-10H,1H3. The Morgan fingerprint density at radius 2 is 1.47 bits per heavy atom. The average molecular weight is 228 g/mol. The minimum atomic E-state index is 0.512. The van der Waals surface area contributed by atoms with Crippen LogP contribution in [0.2, 0.25) is 0 Å². The maximum atomic E-state index is 10.9. The summed E-state index contributed by atoms with van der Waals surface area (Å²) in [5.41, 5.74) is 0.512. The van der Waals surface area contributed by atoms with E-state index in [2.05, 4.69) is 0 Å². The molecule has 2 aromatic rings. The zero-order valence-electron chi connectivity index (χ0n) is 9.42. The summed E-state index contributed by atoms with van der Waals surface area (Å²) in [6.07, 6.45) is 0.769. The minimum absolute atomic E-state index is 0.512. The van der Waals surface area contributed by atoms with Gasteiger partial charge in [-0.15, -0.1) is 0 Å². The van der Waals surface area contributed by atoms with Gasteiger partial charge in [0.1, 0.15) is 5.75 Å². The van der Waals surface area contributed by atoms with Gasteiger partial charge in [-0.2, -0.15) is 0 Å². The number of carbonyl (C=O) groups excluding carboxylic acids is 1. The molecule has 3 heteroatoms. The van der Waals surface area contributed by atoms with E-state index in [9.17, 15) is 4.79 Å². The van der Waals surface area contributed by atoms with Gasteiger partial charge in [0.05, 0.1) is 12.7 Å². The summed E-state index contributed by atoms with van der Waals surface area (Å²) < 4.78 is 10.8. The van der Waals surface area contributed by atoms with Crippen LogP contribution in [0.1, 0.15) is 10.4 Å². The second kappa shape index (κ2) is 5.16. The smallest absolute Gasteiger partial charge is 0.169 e. The highest BCUT2D eigenvalue weighted by molar-refractivity contribution is 5.79. The number of methoxy groups -OCH3 is 1. The highest BCUT2D eigenvalue weighted by Gasteiger charge is 2.07. The van der Waals surface area contributed by atoms with Crippen LogP contribution in [0.3, 0.4) is 0 Å². The Labute approximate surface area is 99.6 Å². The van der Waals surface area contributed by atoms with E-state index in [0.29, 0.717) is 22.8 Å². The molecule has 86 valence electrons. The van der Waals surface area contributed by atoms with Crippen LogP contribution in [0.25, 0.3) is 0 Å². The zero-order chi connectivity index (χ0) is 12.1. The van der Waals surface area contributed by atoms with Crippen molar-refractivity contribution in [3.63, 3.8) is 0 Å². The van der Waals surface area contributed by atoms with Crippen LogP contribution in [0.5, 0.6) is 17.2 Å². The number of benzene rings is 2. The quantitative estimate of drug-likeness (QED) is 0.753. The maximum absolute atomic E-state index is 10.9. The highest BCUT2D eigenvalue weighted by Crippen LogP contribution is 2.31. The predicted molar refractivity (Wildman–Crippen MR) is 64.9 cm³/mol. The molecule has 0 heterocycles. The lowest BCUT2D eigenvalue weighted by atomic mass is 10.2. The van der Waals surface area contributed by atoms with Gasteiger partial charge in [0, 0.05) is 0 Å². The number of hydrogen-bond acceptors (Lipinski definition) is 3. The number of carbonyl (C=O) groups is 1. The first-order valence-electron chi connectivity index (χ1n) is 5.20. The van der Waals surface area contributed by atoms with Crippen LogP contribution in [0.15, 0.2) is 48.5 Å². The predicted octanol–water partition coefficient (Wildman–Crippen LogP) is 3.30. The van der Waals surface area contributed by atoms with Gasteiger partial charge in [0.25, 0.3) is 0 Å². The van der Waals surface area contributed by atoms with Gasteiger partial charge in [0.15, 0.2) is 17.8 Å². The fraction of sp³-hybridized carbons (Fsp3) is 0.0714. The van der Waals surface area contributed by atoms with Gasteiger partial charge in [0.2, 0.25) is 0 Å². The van der Waals surface area contributed by atoms with Crippen LogP contribution in [-0.4, -0.2) is 13.4 Å². The monoisotopic (exact) mass is 228 g/mol. The van der Waals surface area contributed by atoms with E-state index in [-0.39, 0.29) is 0 Å². The first-order chi connectivity index (χ1) is 8.35. The molecule has 0 saturated heterocycles. The van der Waals surface area contributed by atoms with Crippen LogP contribution < -0.4 is 9.47 Å². The summed E-state index contributed by atoms with van der Waals surface area (Å²) in [5, 5.41) is 0. The van der Waals surface area contributed by atoms with Crippen LogP contribution in [0, 0.1) is 0 Å². The molecule has 0 fully saturated rings. The number of ether oxygens (including phenoxy) is 2. The maximum Gasteiger partial charge on any atom is 0.169 e. The molecule has 0 N–H and O–H groups in total. The van der Waals surface area contributed by atoms with E-state index in [1.807, 2.05) is 18.2 Å². The summed E-state index contributed by atoms with van der Waals surface area (Å²) in [4.78, 5) is 10.9. The van der Waals surface area contributed by atoms with Crippen molar-refractivity contribution in [2.24, 2.45) is 0 Å². The van der Waals surface area contributed by atoms with Crippen molar-refractivity contribution >= 4 is 6.29 Å². The third-order valence-corrected chi connectivity index (χ3v) is 2.33. The van der Waals surface area contributed by atoms with Crippen molar-refractivity contribution in [3.05, 3.63) is 54.1 Å². The lowest BCUT2D eigenvalue weighted by molar-refractivity contribution is 0.112. The van der Waals surface area contributed by atoms with Gasteiger partial charge in [-0.1, -0.05) is 24.3 Å². The number of aldehydes is 1. The summed E-state index contributed by atoms with van der Waals surface area (Å²) in [6, 6.07) is 14.4. The lowest BCUT2D eigenvalue weighted by Crippen LogP contribution is -1.92. The molecule has 0 radical (unpaired) electrons. The summed E-state index contributed by atoms with van der Waals surface area (Å²) >= 11 is 0. The molecular weight excluding hydrogens is 216 g/mol. The normalized spacial score (nSPS) is 9.71. The molecule has 2 aromatic carbocycles. The van der Waals surface area contributed by atoms with Crippen molar-refractivity contribution in [1.82, 2.24) is 0 Å². The lowest BCUT2D eigenvalue weighted by Gasteiger charge is -2.10. The summed E-state index contributed by atoms with van der Waals surface area (Å²) in [6.45, 7) is 0. The van der Waals surface area contributed by atoms with Gasteiger partial charge in [-0.3, -0.25) is 4.79 Å². The molecule has 0 spiro atoms. The second-order valence-corrected chi connectivity index (χ2v) is 3.41. The molecule has 2 rings (SSSR count). The Balaban J connectivity index is 2.34. The molecule has 0 saturated carbocycles. The molecule has 0 aliphatic heterocycles. The Morgan fingerprint density at radius 1 is 0.882 bits per heavy atom. The largest absolute Gasteiger partial charge is 0.493 e. The van der Waals surface area contributed by atoms with E-state index in [1.165, 1.54) is 0 Å².